The quantitative estimate of drug-likeness (QED) is 0.747. The van der Waals surface area contributed by atoms with E-state index in [0.717, 1.165) is 25.9 Å². The first kappa shape index (κ1) is 15.6. The first-order chi connectivity index (χ1) is 8.48. The molecule has 18 heavy (non-hydrogen) atoms. The minimum Gasteiger partial charge on any atom is -0.395 e. The van der Waals surface area contributed by atoms with E-state index in [1.54, 1.807) is 7.11 Å². The van der Waals surface area contributed by atoms with Gasteiger partial charge in [-0.1, -0.05) is 13.8 Å². The highest BCUT2D eigenvalue weighted by Crippen LogP contribution is 2.36. The average Bonchev–Trinajstić information content (AvgIpc) is 2.31. The van der Waals surface area contributed by atoms with E-state index in [-0.39, 0.29) is 17.9 Å². The number of hydrogen-bond donors (Lipinski definition) is 1. The Morgan fingerprint density at radius 3 is 2.78 bits per heavy atom. The Balaban J connectivity index is 2.52. The highest BCUT2D eigenvalue weighted by Gasteiger charge is 2.34. The summed E-state index contributed by atoms with van der Waals surface area (Å²) in [4.78, 5) is 14.1. The second-order valence-corrected chi connectivity index (χ2v) is 6.05. The molecule has 1 saturated carbocycles. The first-order valence-corrected chi connectivity index (χ1v) is 6.83. The number of carbonyl (C=O) groups is 1. The van der Waals surface area contributed by atoms with Gasteiger partial charge < -0.3 is 9.84 Å². The van der Waals surface area contributed by atoms with Crippen molar-refractivity contribution in [1.29, 1.82) is 0 Å². The standard InChI is InChI=1S/C14H27NO3/c1-14(2)5-4-13(17)12(10-14)11-15(6-8-16)7-9-18-3/h12,16H,4-11H2,1-3H3. The monoisotopic (exact) mass is 257 g/mol. The van der Waals surface area contributed by atoms with E-state index in [0.29, 0.717) is 25.4 Å². The van der Waals surface area contributed by atoms with Gasteiger partial charge in [-0.15, -0.1) is 0 Å². The van der Waals surface area contributed by atoms with Crippen LogP contribution in [0.1, 0.15) is 33.1 Å². The molecule has 4 nitrogen and oxygen atoms in total. The van der Waals surface area contributed by atoms with Gasteiger partial charge in [-0.05, 0) is 18.3 Å². The van der Waals surface area contributed by atoms with Crippen LogP contribution in [0.3, 0.4) is 0 Å². The van der Waals surface area contributed by atoms with Crippen molar-refractivity contribution in [2.24, 2.45) is 11.3 Å². The third-order valence-electron chi connectivity index (χ3n) is 3.81. The number of ketones is 1. The molecule has 1 rings (SSSR count). The Labute approximate surface area is 110 Å². The zero-order valence-corrected chi connectivity index (χ0v) is 11.9. The molecule has 1 aliphatic rings. The van der Waals surface area contributed by atoms with Crippen molar-refractivity contribution in [2.45, 2.75) is 33.1 Å². The van der Waals surface area contributed by atoms with E-state index < -0.39 is 0 Å². The van der Waals surface area contributed by atoms with Crippen LogP contribution in [0.15, 0.2) is 0 Å². The number of ether oxygens (including phenoxy) is 1. The Kier molecular flexibility index (Phi) is 6.26. The van der Waals surface area contributed by atoms with E-state index in [1.807, 2.05) is 0 Å². The number of carbonyl (C=O) groups excluding carboxylic acids is 1. The number of hydrogen-bond acceptors (Lipinski definition) is 4. The summed E-state index contributed by atoms with van der Waals surface area (Å²) in [6, 6.07) is 0. The van der Waals surface area contributed by atoms with Gasteiger partial charge in [-0.2, -0.15) is 0 Å². The number of Topliss-reactive ketones (excluding diaryl/α,β-unsaturated/α-hetero) is 1. The lowest BCUT2D eigenvalue weighted by molar-refractivity contribution is -0.127. The van der Waals surface area contributed by atoms with E-state index in [2.05, 4.69) is 18.7 Å². The summed E-state index contributed by atoms with van der Waals surface area (Å²) in [5, 5.41) is 9.07. The second kappa shape index (κ2) is 7.22. The topological polar surface area (TPSA) is 49.8 Å². The smallest absolute Gasteiger partial charge is 0.137 e. The summed E-state index contributed by atoms with van der Waals surface area (Å²) >= 11 is 0. The maximum atomic E-state index is 12.0. The summed E-state index contributed by atoms with van der Waals surface area (Å²) in [6.07, 6.45) is 2.66. The van der Waals surface area contributed by atoms with Crippen molar-refractivity contribution in [3.05, 3.63) is 0 Å². The Bertz CT molecular complexity index is 266. The molecule has 0 spiro atoms. The molecular formula is C14H27NO3. The molecule has 1 aliphatic carbocycles. The van der Waals surface area contributed by atoms with Gasteiger partial charge in [0.25, 0.3) is 0 Å². The number of rotatable bonds is 7. The molecule has 0 aromatic heterocycles. The van der Waals surface area contributed by atoms with Gasteiger partial charge in [0.1, 0.15) is 5.78 Å². The van der Waals surface area contributed by atoms with Gasteiger partial charge in [-0.3, -0.25) is 9.69 Å². The van der Waals surface area contributed by atoms with Gasteiger partial charge in [0, 0.05) is 39.1 Å². The SMILES string of the molecule is COCCN(CCO)CC1CC(C)(C)CCC1=O. The van der Waals surface area contributed by atoms with Crippen LogP contribution in [0.2, 0.25) is 0 Å². The third kappa shape index (κ3) is 5.04. The molecule has 0 amide bonds. The maximum absolute atomic E-state index is 12.0. The molecule has 0 bridgehead atoms. The van der Waals surface area contributed by atoms with Crippen LogP contribution >= 0.6 is 0 Å². The summed E-state index contributed by atoms with van der Waals surface area (Å²) in [7, 11) is 1.67. The molecule has 1 atom stereocenters. The number of nitrogens with zero attached hydrogens (tertiary/aromatic N) is 1. The zero-order chi connectivity index (χ0) is 13.6. The lowest BCUT2D eigenvalue weighted by Crippen LogP contribution is -2.41. The van der Waals surface area contributed by atoms with E-state index in [9.17, 15) is 4.79 Å². The largest absolute Gasteiger partial charge is 0.395 e. The predicted octanol–water partition coefficient (Wildman–Crippen LogP) is 1.32. The van der Waals surface area contributed by atoms with Gasteiger partial charge >= 0.3 is 0 Å². The molecule has 0 aromatic rings. The fourth-order valence-corrected chi connectivity index (χ4v) is 2.68. The normalized spacial score (nSPS) is 23.6. The molecule has 4 heteroatoms. The summed E-state index contributed by atoms with van der Waals surface area (Å²) in [5.74, 6) is 0.506. The lowest BCUT2D eigenvalue weighted by Gasteiger charge is -2.36. The van der Waals surface area contributed by atoms with E-state index >= 15 is 0 Å². The minimum atomic E-state index is 0.122. The zero-order valence-electron chi connectivity index (χ0n) is 11.9. The lowest BCUT2D eigenvalue weighted by atomic mass is 9.71. The third-order valence-corrected chi connectivity index (χ3v) is 3.81. The summed E-state index contributed by atoms with van der Waals surface area (Å²) in [5.41, 5.74) is 0.269. The molecule has 0 aromatic carbocycles. The predicted molar refractivity (Wildman–Crippen MR) is 71.5 cm³/mol. The molecule has 0 aliphatic heterocycles. The van der Waals surface area contributed by atoms with Crippen molar-refractivity contribution < 1.29 is 14.6 Å². The van der Waals surface area contributed by atoms with Crippen LogP contribution in [0, 0.1) is 11.3 Å². The van der Waals surface area contributed by atoms with E-state index in [4.69, 9.17) is 9.84 Å². The Hall–Kier alpha value is -0.450. The summed E-state index contributed by atoms with van der Waals surface area (Å²) < 4.78 is 5.07. The second-order valence-electron chi connectivity index (χ2n) is 6.05. The number of methoxy groups -OCH3 is 1. The average molecular weight is 257 g/mol. The molecule has 1 fully saturated rings. The van der Waals surface area contributed by atoms with Gasteiger partial charge in [0.05, 0.1) is 13.2 Å². The number of aliphatic hydroxyl groups excluding tert-OH is 1. The Morgan fingerprint density at radius 2 is 2.17 bits per heavy atom. The minimum absolute atomic E-state index is 0.122. The molecule has 0 radical (unpaired) electrons. The van der Waals surface area contributed by atoms with Crippen LogP contribution in [0.5, 0.6) is 0 Å². The molecule has 0 saturated heterocycles. The van der Waals surface area contributed by atoms with Gasteiger partial charge in [0.2, 0.25) is 0 Å². The van der Waals surface area contributed by atoms with Crippen LogP contribution < -0.4 is 0 Å². The van der Waals surface area contributed by atoms with Crippen molar-refractivity contribution in [3.63, 3.8) is 0 Å². The van der Waals surface area contributed by atoms with E-state index in [1.165, 1.54) is 0 Å². The maximum Gasteiger partial charge on any atom is 0.137 e. The number of aliphatic hydroxyl groups is 1. The summed E-state index contributed by atoms with van der Waals surface area (Å²) in [6.45, 7) is 7.40. The van der Waals surface area contributed by atoms with Crippen LogP contribution in [-0.4, -0.2) is 55.7 Å². The van der Waals surface area contributed by atoms with Crippen molar-refractivity contribution >= 4 is 5.78 Å². The highest BCUT2D eigenvalue weighted by molar-refractivity contribution is 5.82. The van der Waals surface area contributed by atoms with Gasteiger partial charge in [0.15, 0.2) is 0 Å². The Morgan fingerprint density at radius 1 is 1.44 bits per heavy atom. The van der Waals surface area contributed by atoms with Crippen LogP contribution in [0.25, 0.3) is 0 Å². The molecule has 1 N–H and O–H groups in total. The van der Waals surface area contributed by atoms with Crippen molar-refractivity contribution in [1.82, 2.24) is 4.90 Å². The van der Waals surface area contributed by atoms with Crippen LogP contribution in [0.4, 0.5) is 0 Å². The van der Waals surface area contributed by atoms with Crippen molar-refractivity contribution in [2.75, 3.05) is 40.0 Å². The molecular weight excluding hydrogens is 230 g/mol. The fraction of sp³-hybridized carbons (Fsp3) is 0.929. The van der Waals surface area contributed by atoms with Crippen molar-refractivity contribution in [3.8, 4) is 0 Å². The molecule has 0 heterocycles. The highest BCUT2D eigenvalue weighted by atomic mass is 16.5. The molecule has 1 unspecified atom stereocenters. The van der Waals surface area contributed by atoms with Gasteiger partial charge in [-0.25, -0.2) is 0 Å². The van der Waals surface area contributed by atoms with Crippen LogP contribution in [-0.2, 0) is 9.53 Å². The molecule has 106 valence electrons. The first-order valence-electron chi connectivity index (χ1n) is 6.83. The fourth-order valence-electron chi connectivity index (χ4n) is 2.68.